The van der Waals surface area contributed by atoms with Crippen molar-refractivity contribution in [3.05, 3.63) is 44.2 Å². The summed E-state index contributed by atoms with van der Waals surface area (Å²) >= 11 is 2.72. The number of methoxy groups -OCH3 is 2. The van der Waals surface area contributed by atoms with Crippen LogP contribution in [0.25, 0.3) is 0 Å². The van der Waals surface area contributed by atoms with Crippen LogP contribution < -0.4 is 10.6 Å². The molecule has 32 heavy (non-hydrogen) atoms. The molecular formula is C22H22N2O6S2. The fourth-order valence-corrected chi connectivity index (χ4v) is 6.64. The Bertz CT molecular complexity index is 1060. The lowest BCUT2D eigenvalue weighted by Gasteiger charge is -2.06. The zero-order chi connectivity index (χ0) is 22.8. The second-order valence-corrected chi connectivity index (χ2v) is 9.63. The van der Waals surface area contributed by atoms with E-state index in [0.29, 0.717) is 21.1 Å². The van der Waals surface area contributed by atoms with E-state index in [-0.39, 0.29) is 0 Å². The van der Waals surface area contributed by atoms with Gasteiger partial charge in [0.1, 0.15) is 10.0 Å². The van der Waals surface area contributed by atoms with Crippen molar-refractivity contribution in [3.8, 4) is 0 Å². The van der Waals surface area contributed by atoms with Crippen LogP contribution in [0, 0.1) is 0 Å². The van der Waals surface area contributed by atoms with Gasteiger partial charge in [-0.2, -0.15) is 0 Å². The lowest BCUT2D eigenvalue weighted by Crippen LogP contribution is -2.15. The molecule has 0 fully saturated rings. The molecule has 2 amide bonds. The summed E-state index contributed by atoms with van der Waals surface area (Å²) in [4.78, 5) is 51.3. The number of thiophene rings is 2. The first-order chi connectivity index (χ1) is 15.4. The fraction of sp³-hybridized carbons (Fsp3) is 0.364. The summed E-state index contributed by atoms with van der Waals surface area (Å²) in [6.45, 7) is 0. The van der Waals surface area contributed by atoms with Crippen molar-refractivity contribution in [2.24, 2.45) is 0 Å². The molecule has 0 saturated heterocycles. The second-order valence-electron chi connectivity index (χ2n) is 7.42. The van der Waals surface area contributed by atoms with Crippen LogP contribution in [0.15, 0.2) is 12.2 Å². The summed E-state index contributed by atoms with van der Waals surface area (Å²) in [5, 5.41) is 6.23. The highest BCUT2D eigenvalue weighted by Gasteiger charge is 2.29. The Morgan fingerprint density at radius 1 is 0.719 bits per heavy atom. The number of hydrogen-bond acceptors (Lipinski definition) is 8. The Kier molecular flexibility index (Phi) is 6.43. The number of amides is 2. The smallest absolute Gasteiger partial charge is 0.341 e. The van der Waals surface area contributed by atoms with E-state index < -0.39 is 23.8 Å². The van der Waals surface area contributed by atoms with E-state index in [1.54, 1.807) is 0 Å². The highest BCUT2D eigenvalue weighted by molar-refractivity contribution is 7.17. The van der Waals surface area contributed by atoms with E-state index in [9.17, 15) is 19.2 Å². The highest BCUT2D eigenvalue weighted by Crippen LogP contribution is 2.40. The third kappa shape index (κ3) is 4.20. The molecule has 2 aliphatic rings. The number of hydrogen-bond donors (Lipinski definition) is 2. The lowest BCUT2D eigenvalue weighted by molar-refractivity contribution is -0.114. The summed E-state index contributed by atoms with van der Waals surface area (Å²) in [5.41, 5.74) is 2.65. The summed E-state index contributed by atoms with van der Waals surface area (Å²) in [5.74, 6) is -2.04. The predicted octanol–water partition coefficient (Wildman–Crippen LogP) is 3.49. The Labute approximate surface area is 192 Å². The van der Waals surface area contributed by atoms with Gasteiger partial charge < -0.3 is 20.1 Å². The molecular weight excluding hydrogens is 452 g/mol. The number of aryl methyl sites for hydroxylation is 2. The van der Waals surface area contributed by atoms with Crippen molar-refractivity contribution in [3.63, 3.8) is 0 Å². The zero-order valence-corrected chi connectivity index (χ0v) is 19.3. The van der Waals surface area contributed by atoms with E-state index in [0.717, 1.165) is 71.6 Å². The molecule has 10 heteroatoms. The minimum atomic E-state index is -0.535. The van der Waals surface area contributed by atoms with E-state index in [2.05, 4.69) is 10.6 Å². The van der Waals surface area contributed by atoms with Gasteiger partial charge in [-0.05, 0) is 49.7 Å². The van der Waals surface area contributed by atoms with Crippen LogP contribution in [0.1, 0.15) is 54.4 Å². The molecule has 0 radical (unpaired) electrons. The van der Waals surface area contributed by atoms with Crippen molar-refractivity contribution in [2.45, 2.75) is 38.5 Å². The standard InChI is InChI=1S/C22H22N2O6S2/c1-29-21(27)17-11-5-3-7-13(11)31-19(17)23-15(25)9-10-16(26)24-20-18(22(28)30-2)12-6-4-8-14(12)32-20/h9-10H,3-8H2,1-2H3,(H,23,25)(H,24,26). The van der Waals surface area contributed by atoms with Crippen molar-refractivity contribution in [2.75, 3.05) is 24.9 Å². The third-order valence-electron chi connectivity index (χ3n) is 5.48. The SMILES string of the molecule is COC(=O)c1c(NC(=O)C=CC(=O)Nc2sc3c(c2C(=O)OC)CCC3)sc2c1CCC2. The minimum Gasteiger partial charge on any atom is -0.465 e. The van der Waals surface area contributed by atoms with Crippen LogP contribution in [0.2, 0.25) is 0 Å². The number of carbonyl (C=O) groups excluding carboxylic acids is 4. The molecule has 2 aliphatic carbocycles. The van der Waals surface area contributed by atoms with Gasteiger partial charge in [0.2, 0.25) is 11.8 Å². The number of esters is 2. The Balaban J connectivity index is 1.45. The normalized spacial score (nSPS) is 14.2. The number of nitrogens with one attached hydrogen (secondary N) is 2. The maximum Gasteiger partial charge on any atom is 0.341 e. The number of fused-ring (bicyclic) bond motifs is 2. The summed E-state index contributed by atoms with van der Waals surface area (Å²) in [6.07, 6.45) is 7.42. The Hall–Kier alpha value is -2.98. The van der Waals surface area contributed by atoms with E-state index in [1.807, 2.05) is 0 Å². The second kappa shape index (κ2) is 9.25. The van der Waals surface area contributed by atoms with Gasteiger partial charge in [-0.15, -0.1) is 22.7 Å². The van der Waals surface area contributed by atoms with Gasteiger partial charge in [-0.1, -0.05) is 0 Å². The molecule has 2 aromatic heterocycles. The predicted molar refractivity (Wildman–Crippen MR) is 122 cm³/mol. The third-order valence-corrected chi connectivity index (χ3v) is 7.90. The number of ether oxygens (including phenoxy) is 2. The molecule has 0 bridgehead atoms. The molecule has 0 atom stereocenters. The van der Waals surface area contributed by atoms with E-state index >= 15 is 0 Å². The maximum absolute atomic E-state index is 12.4. The molecule has 2 N–H and O–H groups in total. The molecule has 2 heterocycles. The highest BCUT2D eigenvalue weighted by atomic mass is 32.1. The van der Waals surface area contributed by atoms with Gasteiger partial charge in [0.05, 0.1) is 25.3 Å². The molecule has 168 valence electrons. The van der Waals surface area contributed by atoms with Gasteiger partial charge in [-0.3, -0.25) is 9.59 Å². The number of rotatable bonds is 6. The number of carbonyl (C=O) groups is 4. The maximum atomic E-state index is 12.4. The summed E-state index contributed by atoms with van der Waals surface area (Å²) in [6, 6.07) is 0. The summed E-state index contributed by atoms with van der Waals surface area (Å²) in [7, 11) is 2.61. The molecule has 0 saturated carbocycles. The van der Waals surface area contributed by atoms with E-state index in [4.69, 9.17) is 9.47 Å². The van der Waals surface area contributed by atoms with Gasteiger partial charge in [0.15, 0.2) is 0 Å². The van der Waals surface area contributed by atoms with Gasteiger partial charge >= 0.3 is 11.9 Å². The first-order valence-electron chi connectivity index (χ1n) is 10.2. The van der Waals surface area contributed by atoms with Crippen LogP contribution in [0.3, 0.4) is 0 Å². The molecule has 0 aromatic carbocycles. The molecule has 0 unspecified atom stereocenters. The molecule has 0 spiro atoms. The van der Waals surface area contributed by atoms with Gasteiger partial charge in [-0.25, -0.2) is 9.59 Å². The Morgan fingerprint density at radius 3 is 1.50 bits per heavy atom. The molecule has 4 rings (SSSR count). The average molecular weight is 475 g/mol. The molecule has 8 nitrogen and oxygen atoms in total. The largest absolute Gasteiger partial charge is 0.465 e. The quantitative estimate of drug-likeness (QED) is 0.490. The van der Waals surface area contributed by atoms with Crippen molar-refractivity contribution < 1.29 is 28.7 Å². The zero-order valence-electron chi connectivity index (χ0n) is 17.7. The topological polar surface area (TPSA) is 111 Å². The van der Waals surface area contributed by atoms with Crippen LogP contribution in [0.4, 0.5) is 10.0 Å². The first-order valence-corrected chi connectivity index (χ1v) is 11.8. The van der Waals surface area contributed by atoms with Crippen LogP contribution in [-0.4, -0.2) is 38.0 Å². The molecule has 2 aromatic rings. The lowest BCUT2D eigenvalue weighted by atomic mass is 10.1. The van der Waals surface area contributed by atoms with Crippen LogP contribution >= 0.6 is 22.7 Å². The van der Waals surface area contributed by atoms with Crippen LogP contribution in [-0.2, 0) is 44.7 Å². The fourth-order valence-electron chi connectivity index (χ4n) is 4.08. The van der Waals surface area contributed by atoms with Gasteiger partial charge in [0.25, 0.3) is 0 Å². The van der Waals surface area contributed by atoms with Crippen molar-refractivity contribution >= 4 is 56.4 Å². The monoisotopic (exact) mass is 474 g/mol. The average Bonchev–Trinajstić information content (AvgIpc) is 3.52. The number of anilines is 2. The minimum absolute atomic E-state index is 0.395. The van der Waals surface area contributed by atoms with Crippen molar-refractivity contribution in [1.82, 2.24) is 0 Å². The van der Waals surface area contributed by atoms with E-state index in [1.165, 1.54) is 36.9 Å². The summed E-state index contributed by atoms with van der Waals surface area (Å²) < 4.78 is 9.74. The molecule has 0 aliphatic heterocycles. The van der Waals surface area contributed by atoms with Crippen LogP contribution in [0.5, 0.6) is 0 Å². The Morgan fingerprint density at radius 2 is 1.12 bits per heavy atom. The first kappa shape index (κ1) is 22.2. The van der Waals surface area contributed by atoms with Gasteiger partial charge in [0, 0.05) is 21.9 Å². The van der Waals surface area contributed by atoms with Crippen molar-refractivity contribution in [1.29, 1.82) is 0 Å².